The van der Waals surface area contributed by atoms with Gasteiger partial charge in [-0.25, -0.2) is 0 Å². The predicted molar refractivity (Wildman–Crippen MR) is 65.3 cm³/mol. The Morgan fingerprint density at radius 2 is 2.20 bits per heavy atom. The molecule has 15 heavy (non-hydrogen) atoms. The van der Waals surface area contributed by atoms with Crippen LogP contribution in [0.3, 0.4) is 0 Å². The maximum Gasteiger partial charge on any atom is 0.163 e. The first kappa shape index (κ1) is 11.6. The summed E-state index contributed by atoms with van der Waals surface area (Å²) >= 11 is 3.52. The van der Waals surface area contributed by atoms with Crippen LogP contribution in [-0.4, -0.2) is 34.6 Å². The number of fused-ring (bicyclic) bond motifs is 1. The van der Waals surface area contributed by atoms with Gasteiger partial charge in [-0.2, -0.15) is 0 Å². The van der Waals surface area contributed by atoms with E-state index in [1.165, 1.54) is 19.3 Å². The fourth-order valence-electron chi connectivity index (χ4n) is 3.09. The number of carbonyl (C=O) groups excluding carboxylic acids is 1. The van der Waals surface area contributed by atoms with Crippen LogP contribution in [0.5, 0.6) is 0 Å². The molecule has 2 aliphatic rings. The molecule has 2 unspecified atom stereocenters. The Labute approximate surface area is 101 Å². The van der Waals surface area contributed by atoms with Gasteiger partial charge < -0.3 is 0 Å². The summed E-state index contributed by atoms with van der Waals surface area (Å²) in [6.45, 7) is 4.41. The Kier molecular flexibility index (Phi) is 3.83. The van der Waals surface area contributed by atoms with E-state index in [0.717, 1.165) is 25.9 Å². The molecule has 0 aromatic heterocycles. The number of alkyl halides is 1. The second-order valence-corrected chi connectivity index (χ2v) is 5.94. The zero-order chi connectivity index (χ0) is 10.8. The molecule has 3 heteroatoms. The van der Waals surface area contributed by atoms with Crippen molar-refractivity contribution in [2.75, 3.05) is 13.1 Å². The van der Waals surface area contributed by atoms with E-state index in [-0.39, 0.29) is 10.9 Å². The van der Waals surface area contributed by atoms with Gasteiger partial charge in [0, 0.05) is 0 Å². The van der Waals surface area contributed by atoms with E-state index in [4.69, 9.17) is 0 Å². The minimum absolute atomic E-state index is 0.121. The molecule has 0 amide bonds. The minimum atomic E-state index is 0.121. The van der Waals surface area contributed by atoms with Crippen molar-refractivity contribution in [2.45, 2.75) is 49.9 Å². The standard InChI is InChI=1S/C12H20BrNO/c1-2-7-14-8-3-4-9-5-6-10(13)12(15)11(9)14/h9-11H,2-8H2,1H3/t9-,10?,11?/m1/s1. The Balaban J connectivity index is 2.10. The fraction of sp³-hybridized carbons (Fsp3) is 0.917. The van der Waals surface area contributed by atoms with Gasteiger partial charge >= 0.3 is 0 Å². The minimum Gasteiger partial charge on any atom is -0.297 e. The summed E-state index contributed by atoms with van der Waals surface area (Å²) in [6.07, 6.45) is 5.97. The first-order valence-electron chi connectivity index (χ1n) is 6.16. The normalized spacial score (nSPS) is 37.7. The molecule has 86 valence electrons. The molecular formula is C12H20BrNO. The van der Waals surface area contributed by atoms with Gasteiger partial charge in [0.25, 0.3) is 0 Å². The van der Waals surface area contributed by atoms with Crippen LogP contribution in [0.15, 0.2) is 0 Å². The van der Waals surface area contributed by atoms with Crippen molar-refractivity contribution in [1.29, 1.82) is 0 Å². The molecule has 0 bridgehead atoms. The first-order chi connectivity index (χ1) is 7.24. The largest absolute Gasteiger partial charge is 0.297 e. The predicted octanol–water partition coefficient (Wildman–Crippen LogP) is 2.60. The maximum atomic E-state index is 12.2. The highest BCUT2D eigenvalue weighted by molar-refractivity contribution is 9.10. The second-order valence-electron chi connectivity index (χ2n) is 4.83. The van der Waals surface area contributed by atoms with Crippen molar-refractivity contribution < 1.29 is 4.79 Å². The molecule has 2 fully saturated rings. The summed E-state index contributed by atoms with van der Waals surface area (Å²) in [5.41, 5.74) is 0. The summed E-state index contributed by atoms with van der Waals surface area (Å²) in [5.74, 6) is 1.09. The van der Waals surface area contributed by atoms with Crippen LogP contribution >= 0.6 is 15.9 Å². The molecule has 1 aliphatic heterocycles. The van der Waals surface area contributed by atoms with E-state index >= 15 is 0 Å². The third kappa shape index (κ3) is 2.28. The zero-order valence-electron chi connectivity index (χ0n) is 9.42. The van der Waals surface area contributed by atoms with Crippen molar-refractivity contribution in [1.82, 2.24) is 4.90 Å². The molecule has 0 aromatic rings. The molecule has 3 atom stereocenters. The highest BCUT2D eigenvalue weighted by Gasteiger charge is 2.41. The summed E-state index contributed by atoms with van der Waals surface area (Å²) in [6, 6.07) is 0.233. The average molecular weight is 274 g/mol. The molecular weight excluding hydrogens is 254 g/mol. The van der Waals surface area contributed by atoms with Gasteiger partial charge in [-0.15, -0.1) is 0 Å². The third-order valence-electron chi connectivity index (χ3n) is 3.76. The third-order valence-corrected chi connectivity index (χ3v) is 4.67. The van der Waals surface area contributed by atoms with Gasteiger partial charge in [0.15, 0.2) is 5.78 Å². The van der Waals surface area contributed by atoms with E-state index in [1.54, 1.807) is 0 Å². The van der Waals surface area contributed by atoms with Crippen molar-refractivity contribution in [2.24, 2.45) is 5.92 Å². The van der Waals surface area contributed by atoms with Crippen LogP contribution in [0, 0.1) is 5.92 Å². The van der Waals surface area contributed by atoms with Crippen molar-refractivity contribution >= 4 is 21.7 Å². The van der Waals surface area contributed by atoms with Gasteiger partial charge in [-0.3, -0.25) is 9.69 Å². The molecule has 0 spiro atoms. The molecule has 1 heterocycles. The van der Waals surface area contributed by atoms with E-state index < -0.39 is 0 Å². The van der Waals surface area contributed by atoms with Crippen molar-refractivity contribution in [3.05, 3.63) is 0 Å². The number of hydrogen-bond donors (Lipinski definition) is 0. The Hall–Kier alpha value is 0.110. The molecule has 2 nitrogen and oxygen atoms in total. The smallest absolute Gasteiger partial charge is 0.163 e. The molecule has 2 rings (SSSR count). The van der Waals surface area contributed by atoms with Crippen LogP contribution in [0.1, 0.15) is 39.0 Å². The number of nitrogens with zero attached hydrogens (tertiary/aromatic N) is 1. The van der Waals surface area contributed by atoms with E-state index in [9.17, 15) is 4.79 Å². The van der Waals surface area contributed by atoms with Gasteiger partial charge in [-0.1, -0.05) is 22.9 Å². The Morgan fingerprint density at radius 1 is 1.40 bits per heavy atom. The van der Waals surface area contributed by atoms with Gasteiger partial charge in [0.05, 0.1) is 10.9 Å². The monoisotopic (exact) mass is 273 g/mol. The average Bonchev–Trinajstić information content (AvgIpc) is 2.24. The molecule has 0 N–H and O–H groups in total. The highest BCUT2D eigenvalue weighted by Crippen LogP contribution is 2.35. The van der Waals surface area contributed by atoms with E-state index in [1.807, 2.05) is 0 Å². The number of halogens is 1. The summed E-state index contributed by atoms with van der Waals surface area (Å²) in [7, 11) is 0. The quantitative estimate of drug-likeness (QED) is 0.721. The Bertz CT molecular complexity index is 242. The van der Waals surface area contributed by atoms with Crippen LogP contribution in [0.2, 0.25) is 0 Å². The fourth-order valence-corrected chi connectivity index (χ4v) is 3.63. The lowest BCUT2D eigenvalue weighted by Crippen LogP contribution is -2.54. The van der Waals surface area contributed by atoms with Crippen LogP contribution in [0.4, 0.5) is 0 Å². The SMILES string of the molecule is CCCN1CCC[C@@H]2CCC(Br)C(=O)C21. The Morgan fingerprint density at radius 3 is 2.93 bits per heavy atom. The summed E-state index contributed by atoms with van der Waals surface area (Å²) < 4.78 is 0. The lowest BCUT2D eigenvalue weighted by molar-refractivity contribution is -0.129. The zero-order valence-corrected chi connectivity index (χ0v) is 11.0. The number of ketones is 1. The van der Waals surface area contributed by atoms with Crippen LogP contribution < -0.4 is 0 Å². The lowest BCUT2D eigenvalue weighted by Gasteiger charge is -2.44. The molecule has 1 aliphatic carbocycles. The number of Topliss-reactive ketones (excluding diaryl/α,β-unsaturated/α-hetero) is 1. The molecule has 1 saturated carbocycles. The number of likely N-dealkylation sites (tertiary alicyclic amines) is 1. The van der Waals surface area contributed by atoms with Crippen LogP contribution in [-0.2, 0) is 4.79 Å². The van der Waals surface area contributed by atoms with Gasteiger partial charge in [0.1, 0.15) is 0 Å². The number of rotatable bonds is 2. The number of carbonyl (C=O) groups is 1. The lowest BCUT2D eigenvalue weighted by atomic mass is 9.77. The highest BCUT2D eigenvalue weighted by atomic mass is 79.9. The number of piperidine rings is 1. The van der Waals surface area contributed by atoms with E-state index in [2.05, 4.69) is 27.8 Å². The summed E-state index contributed by atoms with van der Waals surface area (Å²) in [4.78, 5) is 14.7. The summed E-state index contributed by atoms with van der Waals surface area (Å²) in [5, 5.41) is 0. The van der Waals surface area contributed by atoms with Crippen molar-refractivity contribution in [3.8, 4) is 0 Å². The molecule has 0 aromatic carbocycles. The topological polar surface area (TPSA) is 20.3 Å². The second kappa shape index (κ2) is 4.96. The number of hydrogen-bond acceptors (Lipinski definition) is 2. The van der Waals surface area contributed by atoms with Gasteiger partial charge in [-0.05, 0) is 51.1 Å². The first-order valence-corrected chi connectivity index (χ1v) is 7.07. The van der Waals surface area contributed by atoms with E-state index in [0.29, 0.717) is 11.7 Å². The van der Waals surface area contributed by atoms with Crippen molar-refractivity contribution in [3.63, 3.8) is 0 Å². The molecule has 0 radical (unpaired) electrons. The van der Waals surface area contributed by atoms with Gasteiger partial charge in [0.2, 0.25) is 0 Å². The van der Waals surface area contributed by atoms with Crippen LogP contribution in [0.25, 0.3) is 0 Å². The maximum absolute atomic E-state index is 12.2. The molecule has 1 saturated heterocycles.